The number of fused-ring (bicyclic) bond motifs is 1. The van der Waals surface area contributed by atoms with Gasteiger partial charge in [0.2, 0.25) is 0 Å². The average molecular weight is 359 g/mol. The Morgan fingerprint density at radius 3 is 2.59 bits per heavy atom. The van der Waals surface area contributed by atoms with Gasteiger partial charge in [0.1, 0.15) is 5.41 Å². The summed E-state index contributed by atoms with van der Waals surface area (Å²) in [5.74, 6) is 6.63. The molecule has 0 atom stereocenters. The fourth-order valence-electron chi connectivity index (χ4n) is 3.38. The zero-order valence-corrected chi connectivity index (χ0v) is 16.8. The summed E-state index contributed by atoms with van der Waals surface area (Å²) in [5, 5.41) is 5.98. The largest absolute Gasteiger partial charge is 0.349 e. The molecule has 1 aliphatic rings. The number of rotatable bonds is 10. The predicted molar refractivity (Wildman–Crippen MR) is 118 cm³/mol. The zero-order chi connectivity index (χ0) is 19.3. The predicted octanol–water partition coefficient (Wildman–Crippen LogP) is 5.52. The Kier molecular flexibility index (Phi) is 6.04. The minimum atomic E-state index is -0.156. The lowest BCUT2D eigenvalue weighted by Gasteiger charge is -2.23. The van der Waals surface area contributed by atoms with E-state index in [4.69, 9.17) is 0 Å². The normalized spacial score (nSPS) is 14.6. The van der Waals surface area contributed by atoms with Crippen LogP contribution in [-0.4, -0.2) is 20.1 Å². The van der Waals surface area contributed by atoms with Crippen LogP contribution in [0, 0.1) is 17.3 Å². The van der Waals surface area contributed by atoms with Crippen molar-refractivity contribution >= 4 is 16.5 Å². The van der Waals surface area contributed by atoms with E-state index in [9.17, 15) is 0 Å². The smallest absolute Gasteiger partial charge is 0.116 e. The minimum Gasteiger partial charge on any atom is -0.349 e. The first-order valence-corrected chi connectivity index (χ1v) is 9.87. The number of nitrogens with zero attached hydrogens (tertiary/aromatic N) is 1. The third kappa shape index (κ3) is 5.02. The van der Waals surface area contributed by atoms with Gasteiger partial charge < -0.3 is 10.2 Å². The molecule has 0 radical (unpaired) electrons. The van der Waals surface area contributed by atoms with Crippen molar-refractivity contribution in [2.24, 2.45) is 5.41 Å². The number of benzene rings is 2. The quantitative estimate of drug-likeness (QED) is 0.342. The van der Waals surface area contributed by atoms with Crippen molar-refractivity contribution in [2.75, 3.05) is 25.0 Å². The molecule has 2 nitrogen and oxygen atoms in total. The lowest BCUT2D eigenvalue weighted by Crippen LogP contribution is -2.18. The van der Waals surface area contributed by atoms with Crippen molar-refractivity contribution in [3.8, 4) is 11.8 Å². The Balaban J connectivity index is 1.63. The topological polar surface area (TPSA) is 15.3 Å². The molecule has 0 aromatic heterocycles. The lowest BCUT2D eigenvalue weighted by atomic mass is 9.91. The lowest BCUT2D eigenvalue weighted by molar-refractivity contribution is 0.635. The van der Waals surface area contributed by atoms with Crippen LogP contribution in [0.1, 0.15) is 33.1 Å². The highest BCUT2D eigenvalue weighted by atomic mass is 15.1. The molecule has 27 heavy (non-hydrogen) atoms. The summed E-state index contributed by atoms with van der Waals surface area (Å²) >= 11 is 0. The molecule has 0 spiro atoms. The van der Waals surface area contributed by atoms with Crippen molar-refractivity contribution in [3.63, 3.8) is 0 Å². The Morgan fingerprint density at radius 2 is 1.89 bits per heavy atom. The molecule has 140 valence electrons. The highest BCUT2D eigenvalue weighted by molar-refractivity contribution is 5.86. The fourth-order valence-corrected chi connectivity index (χ4v) is 3.38. The summed E-state index contributed by atoms with van der Waals surface area (Å²) in [6.07, 6.45) is 5.36. The molecule has 2 heteroatoms. The first-order chi connectivity index (χ1) is 13.0. The molecule has 2 aromatic rings. The molecule has 0 fully saturated rings. The monoisotopic (exact) mass is 358 g/mol. The highest BCUT2D eigenvalue weighted by Crippen LogP contribution is 2.37. The molecule has 1 N–H and O–H groups in total. The van der Waals surface area contributed by atoms with E-state index in [-0.39, 0.29) is 5.41 Å². The third-order valence-corrected chi connectivity index (χ3v) is 5.16. The van der Waals surface area contributed by atoms with Crippen LogP contribution in [0.5, 0.6) is 0 Å². The molecular formula is C25H30N2. The molecule has 0 aliphatic heterocycles. The van der Waals surface area contributed by atoms with Crippen molar-refractivity contribution in [2.45, 2.75) is 33.1 Å². The number of nitrogens with one attached hydrogen (secondary N) is 1. The third-order valence-electron chi connectivity index (χ3n) is 5.16. The van der Waals surface area contributed by atoms with Crippen LogP contribution < -0.4 is 10.2 Å². The average Bonchev–Trinajstić information content (AvgIpc) is 3.42. The Labute approximate surface area is 164 Å². The Hall–Kier alpha value is -2.50. The van der Waals surface area contributed by atoms with E-state index in [1.807, 2.05) is 0 Å². The van der Waals surface area contributed by atoms with E-state index in [2.05, 4.69) is 98.1 Å². The van der Waals surface area contributed by atoms with Gasteiger partial charge in [-0.2, -0.15) is 0 Å². The molecule has 2 aromatic carbocycles. The maximum Gasteiger partial charge on any atom is 0.116 e. The second-order valence-electron chi connectivity index (χ2n) is 7.52. The number of anilines is 1. The van der Waals surface area contributed by atoms with Crippen LogP contribution in [0.4, 0.5) is 5.69 Å². The van der Waals surface area contributed by atoms with Crippen molar-refractivity contribution < 1.29 is 0 Å². The van der Waals surface area contributed by atoms with Crippen LogP contribution in [0.25, 0.3) is 10.8 Å². The standard InChI is InChI=1S/C25H30N2/c1-5-15-26-16-12-20(2)18-25(13-14-25)19-21(3)27(4)24-11-10-22-8-6-7-9-23(22)17-24/h6-11,17,19,26H,2,5,12,15-16,18H2,1,3-4H3/b21-19-. The summed E-state index contributed by atoms with van der Waals surface area (Å²) in [4.78, 5) is 2.24. The molecule has 0 saturated heterocycles. The second-order valence-corrected chi connectivity index (χ2v) is 7.52. The van der Waals surface area contributed by atoms with Gasteiger partial charge in [-0.1, -0.05) is 61.2 Å². The number of hydrogen-bond donors (Lipinski definition) is 1. The van der Waals surface area contributed by atoms with Crippen LogP contribution in [0.15, 0.2) is 66.4 Å². The summed E-state index contributed by atoms with van der Waals surface area (Å²) in [7, 11) is 2.12. The Bertz CT molecular complexity index is 903. The maximum atomic E-state index is 4.26. The molecule has 0 saturated carbocycles. The summed E-state index contributed by atoms with van der Waals surface area (Å²) in [5.41, 5.74) is 3.51. The van der Waals surface area contributed by atoms with Gasteiger partial charge in [0.05, 0.1) is 0 Å². The van der Waals surface area contributed by atoms with Crippen molar-refractivity contribution in [3.05, 3.63) is 66.4 Å². The first kappa shape index (κ1) is 19.3. The van der Waals surface area contributed by atoms with E-state index in [1.165, 1.54) is 34.2 Å². The van der Waals surface area contributed by atoms with Crippen LogP contribution in [-0.2, 0) is 0 Å². The van der Waals surface area contributed by atoms with Gasteiger partial charge in [-0.3, -0.25) is 0 Å². The van der Waals surface area contributed by atoms with Crippen molar-refractivity contribution in [1.29, 1.82) is 0 Å². The molecule has 0 unspecified atom stereocenters. The minimum absolute atomic E-state index is 0.156. The van der Waals surface area contributed by atoms with Gasteiger partial charge in [-0.05, 0) is 68.3 Å². The molecule has 0 bridgehead atoms. The van der Waals surface area contributed by atoms with Crippen molar-refractivity contribution in [1.82, 2.24) is 5.32 Å². The van der Waals surface area contributed by atoms with E-state index in [1.54, 1.807) is 0 Å². The zero-order valence-electron chi connectivity index (χ0n) is 16.8. The van der Waals surface area contributed by atoms with Gasteiger partial charge in [0.25, 0.3) is 0 Å². The van der Waals surface area contributed by atoms with E-state index in [0.717, 1.165) is 25.9 Å². The van der Waals surface area contributed by atoms with Crippen LogP contribution in [0.3, 0.4) is 0 Å². The van der Waals surface area contributed by atoms with E-state index >= 15 is 0 Å². The summed E-state index contributed by atoms with van der Waals surface area (Å²) < 4.78 is 0. The second kappa shape index (κ2) is 8.46. The highest BCUT2D eigenvalue weighted by Gasteiger charge is 2.32. The van der Waals surface area contributed by atoms with Gasteiger partial charge in [-0.15, -0.1) is 0 Å². The number of hydrogen-bond acceptors (Lipinski definition) is 2. The van der Waals surface area contributed by atoms with Crippen LogP contribution >= 0.6 is 0 Å². The van der Waals surface area contributed by atoms with Gasteiger partial charge in [-0.25, -0.2) is 0 Å². The van der Waals surface area contributed by atoms with Crippen LogP contribution in [0.2, 0.25) is 0 Å². The number of allylic oxidation sites excluding steroid dienone is 2. The molecule has 1 aliphatic carbocycles. The summed E-state index contributed by atoms with van der Waals surface area (Å²) in [6, 6.07) is 15.1. The molecule has 0 heterocycles. The molecular weight excluding hydrogens is 328 g/mol. The van der Waals surface area contributed by atoms with Gasteiger partial charge >= 0.3 is 0 Å². The SMILES string of the molecule is C=C(CCNCCC)CC1(/C=C(/C)N(C)c2ccc3ccccc3c2)C#C1. The van der Waals surface area contributed by atoms with E-state index < -0.39 is 0 Å². The Morgan fingerprint density at radius 1 is 1.15 bits per heavy atom. The van der Waals surface area contributed by atoms with Gasteiger partial charge in [0, 0.05) is 18.4 Å². The fraction of sp³-hybridized carbons (Fsp3) is 0.360. The van der Waals surface area contributed by atoms with Gasteiger partial charge in [0.15, 0.2) is 0 Å². The first-order valence-electron chi connectivity index (χ1n) is 9.87. The summed E-state index contributed by atoms with van der Waals surface area (Å²) in [6.45, 7) is 10.7. The van der Waals surface area contributed by atoms with E-state index in [0.29, 0.717) is 0 Å². The maximum absolute atomic E-state index is 4.26. The molecule has 3 rings (SSSR count). The molecule has 0 amide bonds.